The maximum absolute atomic E-state index is 13.1. The highest BCUT2D eigenvalue weighted by molar-refractivity contribution is 7.20. The number of carbonyl (C=O) groups excluding carboxylic acids is 1. The first-order valence-electron chi connectivity index (χ1n) is 10.8. The molecule has 0 aliphatic heterocycles. The highest BCUT2D eigenvalue weighted by Gasteiger charge is 2.18. The third-order valence-corrected chi connectivity index (χ3v) is 6.67. The first-order valence-corrected chi connectivity index (χ1v) is 11.7. The Morgan fingerprint density at radius 3 is 2.31 bits per heavy atom. The van der Waals surface area contributed by atoms with Crippen LogP contribution in [0.3, 0.4) is 0 Å². The Morgan fingerprint density at radius 1 is 1.03 bits per heavy atom. The lowest BCUT2D eigenvalue weighted by Gasteiger charge is -2.08. The Labute approximate surface area is 203 Å². The Hall–Kier alpha value is -4.18. The van der Waals surface area contributed by atoms with Gasteiger partial charge in [-0.15, -0.1) is 11.3 Å². The lowest BCUT2D eigenvalue weighted by atomic mass is 10.1. The molecule has 0 fully saturated rings. The maximum Gasteiger partial charge on any atom is 0.335 e. The topological polar surface area (TPSA) is 120 Å². The summed E-state index contributed by atoms with van der Waals surface area (Å²) >= 11 is 1.08. The fraction of sp³-hybridized carbons (Fsp3) is 0.200. The van der Waals surface area contributed by atoms with Crippen LogP contribution in [0.4, 0.5) is 0 Å². The lowest BCUT2D eigenvalue weighted by molar-refractivity contribution is 0.0696. The third-order valence-electron chi connectivity index (χ3n) is 5.46. The van der Waals surface area contributed by atoms with Gasteiger partial charge in [0.1, 0.15) is 10.6 Å². The monoisotopic (exact) mass is 493 g/mol. The van der Waals surface area contributed by atoms with Crippen LogP contribution in [0.5, 0.6) is 5.75 Å². The second kappa shape index (κ2) is 9.98. The average molecular weight is 494 g/mol. The quantitative estimate of drug-likeness (QED) is 0.390. The van der Waals surface area contributed by atoms with E-state index in [-0.39, 0.29) is 23.4 Å². The van der Waals surface area contributed by atoms with Crippen LogP contribution in [-0.2, 0) is 20.1 Å². The number of hydrogen-bond donors (Lipinski definition) is 2. The van der Waals surface area contributed by atoms with Gasteiger partial charge < -0.3 is 15.2 Å². The molecule has 2 aromatic heterocycles. The van der Waals surface area contributed by atoms with E-state index in [1.807, 2.05) is 31.2 Å². The van der Waals surface area contributed by atoms with Gasteiger partial charge in [-0.05, 0) is 48.4 Å². The number of amides is 1. The predicted octanol–water partition coefficient (Wildman–Crippen LogP) is 2.84. The summed E-state index contributed by atoms with van der Waals surface area (Å²) in [5.74, 6) is -0.650. The summed E-state index contributed by atoms with van der Waals surface area (Å²) in [6.45, 7) is 2.76. The maximum atomic E-state index is 13.1. The molecule has 35 heavy (non-hydrogen) atoms. The molecule has 4 rings (SSSR count). The van der Waals surface area contributed by atoms with E-state index in [1.54, 1.807) is 19.2 Å². The largest absolute Gasteiger partial charge is 0.494 e. The van der Waals surface area contributed by atoms with Crippen LogP contribution in [0, 0.1) is 0 Å². The Morgan fingerprint density at radius 2 is 1.69 bits per heavy atom. The van der Waals surface area contributed by atoms with Crippen LogP contribution >= 0.6 is 11.3 Å². The number of carboxylic acids is 1. The molecule has 2 heterocycles. The molecular formula is C25H23N3O6S. The predicted molar refractivity (Wildman–Crippen MR) is 133 cm³/mol. The van der Waals surface area contributed by atoms with Crippen molar-refractivity contribution < 1.29 is 19.4 Å². The molecule has 180 valence electrons. The average Bonchev–Trinajstić information content (AvgIpc) is 3.31. The van der Waals surface area contributed by atoms with Crippen LogP contribution in [0.1, 0.15) is 38.1 Å². The van der Waals surface area contributed by atoms with Crippen molar-refractivity contribution in [2.45, 2.75) is 20.0 Å². The molecule has 0 aliphatic carbocycles. The smallest absolute Gasteiger partial charge is 0.335 e. The highest BCUT2D eigenvalue weighted by atomic mass is 32.1. The number of carboxylic acid groups (broad SMARTS) is 1. The number of rotatable bonds is 8. The third kappa shape index (κ3) is 5.02. The van der Waals surface area contributed by atoms with Gasteiger partial charge in [0.15, 0.2) is 0 Å². The number of thiophene rings is 1. The zero-order valence-corrected chi connectivity index (χ0v) is 19.9. The summed E-state index contributed by atoms with van der Waals surface area (Å²) in [6.07, 6.45) is 0. The lowest BCUT2D eigenvalue weighted by Crippen LogP contribution is -2.38. The Bertz CT molecular complexity index is 1510. The van der Waals surface area contributed by atoms with Gasteiger partial charge >= 0.3 is 11.7 Å². The SMILES string of the molecule is CCOc1ccc(CNC(=O)c2cc3c(=O)n(Cc4ccc(C(=O)O)cc4)c(=O)n(C)c3s2)cc1. The summed E-state index contributed by atoms with van der Waals surface area (Å²) in [6, 6.07) is 14.9. The highest BCUT2D eigenvalue weighted by Crippen LogP contribution is 2.22. The Kier molecular flexibility index (Phi) is 6.83. The molecule has 0 radical (unpaired) electrons. The number of hydrogen-bond acceptors (Lipinski definition) is 6. The summed E-state index contributed by atoms with van der Waals surface area (Å²) in [5.41, 5.74) is 0.590. The molecule has 0 unspecified atom stereocenters. The minimum atomic E-state index is -1.06. The second-order valence-corrected chi connectivity index (χ2v) is 8.85. The van der Waals surface area contributed by atoms with Crippen LogP contribution in [0.2, 0.25) is 0 Å². The minimum Gasteiger partial charge on any atom is -0.494 e. The van der Waals surface area contributed by atoms with Crippen LogP contribution in [0.25, 0.3) is 10.2 Å². The van der Waals surface area contributed by atoms with Crippen molar-refractivity contribution in [1.29, 1.82) is 0 Å². The van der Waals surface area contributed by atoms with Crippen molar-refractivity contribution in [3.63, 3.8) is 0 Å². The van der Waals surface area contributed by atoms with Gasteiger partial charge in [-0.2, -0.15) is 0 Å². The van der Waals surface area contributed by atoms with E-state index in [0.717, 1.165) is 27.2 Å². The standard InChI is InChI=1S/C25H23N3O6S/c1-3-34-18-10-6-15(7-11-18)13-26-21(29)20-12-19-22(30)28(25(33)27(2)23(19)35-20)14-16-4-8-17(9-5-16)24(31)32/h4-12H,3,13-14H2,1-2H3,(H,26,29)(H,31,32). The van der Waals surface area contributed by atoms with Gasteiger partial charge in [0.2, 0.25) is 0 Å². The minimum absolute atomic E-state index is 0.0174. The molecule has 0 bridgehead atoms. The number of carbonyl (C=O) groups is 2. The number of aromatic nitrogens is 2. The van der Waals surface area contributed by atoms with Crippen molar-refractivity contribution in [3.05, 3.63) is 97.0 Å². The summed E-state index contributed by atoms with van der Waals surface area (Å²) in [5, 5.41) is 12.1. The van der Waals surface area contributed by atoms with Gasteiger partial charge in [-0.25, -0.2) is 9.59 Å². The van der Waals surface area contributed by atoms with Crippen molar-refractivity contribution >= 4 is 33.4 Å². The number of benzene rings is 2. The van der Waals surface area contributed by atoms with Crippen LogP contribution < -0.4 is 21.3 Å². The molecule has 0 aliphatic rings. The molecule has 0 saturated carbocycles. The van der Waals surface area contributed by atoms with Crippen molar-refractivity contribution in [2.75, 3.05) is 6.61 Å². The van der Waals surface area contributed by atoms with Gasteiger partial charge in [0.05, 0.1) is 29.0 Å². The first kappa shape index (κ1) is 24.0. The van der Waals surface area contributed by atoms with E-state index in [2.05, 4.69) is 5.32 Å². The van der Waals surface area contributed by atoms with E-state index >= 15 is 0 Å². The zero-order valence-electron chi connectivity index (χ0n) is 19.1. The molecular weight excluding hydrogens is 470 g/mol. The zero-order chi connectivity index (χ0) is 25.1. The normalized spacial score (nSPS) is 10.9. The fourth-order valence-electron chi connectivity index (χ4n) is 3.61. The Balaban J connectivity index is 1.57. The molecule has 2 aromatic carbocycles. The van der Waals surface area contributed by atoms with Crippen molar-refractivity contribution in [2.24, 2.45) is 7.05 Å². The number of nitrogens with one attached hydrogen (secondary N) is 1. The number of fused-ring (bicyclic) bond motifs is 1. The molecule has 0 spiro atoms. The first-order chi connectivity index (χ1) is 16.8. The van der Waals surface area contributed by atoms with E-state index in [1.165, 1.54) is 22.8 Å². The molecule has 9 nitrogen and oxygen atoms in total. The van der Waals surface area contributed by atoms with Gasteiger partial charge in [0, 0.05) is 13.6 Å². The fourth-order valence-corrected chi connectivity index (χ4v) is 4.63. The molecule has 0 saturated heterocycles. The summed E-state index contributed by atoms with van der Waals surface area (Å²) in [7, 11) is 1.55. The van der Waals surface area contributed by atoms with Crippen molar-refractivity contribution in [3.8, 4) is 5.75 Å². The van der Waals surface area contributed by atoms with Gasteiger partial charge in [-0.3, -0.25) is 18.7 Å². The van der Waals surface area contributed by atoms with Gasteiger partial charge in [-0.1, -0.05) is 24.3 Å². The molecule has 0 atom stereocenters. The second-order valence-electron chi connectivity index (χ2n) is 7.82. The van der Waals surface area contributed by atoms with E-state index in [9.17, 15) is 19.2 Å². The van der Waals surface area contributed by atoms with Gasteiger partial charge in [0.25, 0.3) is 11.5 Å². The molecule has 10 heteroatoms. The van der Waals surface area contributed by atoms with Crippen molar-refractivity contribution in [1.82, 2.24) is 14.5 Å². The number of ether oxygens (including phenoxy) is 1. The molecule has 2 N–H and O–H groups in total. The van der Waals surface area contributed by atoms with Crippen LogP contribution in [0.15, 0.2) is 64.2 Å². The van der Waals surface area contributed by atoms with E-state index in [0.29, 0.717) is 28.4 Å². The van der Waals surface area contributed by atoms with E-state index < -0.39 is 17.2 Å². The number of aromatic carboxylic acids is 1. The summed E-state index contributed by atoms with van der Waals surface area (Å²) < 4.78 is 7.83. The molecule has 1 amide bonds. The van der Waals surface area contributed by atoms with Crippen LogP contribution in [-0.4, -0.2) is 32.7 Å². The molecule has 4 aromatic rings. The summed E-state index contributed by atoms with van der Waals surface area (Å²) in [4.78, 5) is 50.5. The number of nitrogens with zero attached hydrogens (tertiary/aromatic N) is 2. The van der Waals surface area contributed by atoms with E-state index in [4.69, 9.17) is 9.84 Å². The number of aryl methyl sites for hydroxylation is 1.